The van der Waals surface area contributed by atoms with Crippen LogP contribution in [-0.2, 0) is 43.6 Å². The van der Waals surface area contributed by atoms with E-state index < -0.39 is 0 Å². The summed E-state index contributed by atoms with van der Waals surface area (Å²) in [6.07, 6.45) is 11.5. The average molecular weight is 1700 g/mol. The molecule has 125 heavy (non-hydrogen) atoms. The summed E-state index contributed by atoms with van der Waals surface area (Å²) in [4.78, 5) is 111. The summed E-state index contributed by atoms with van der Waals surface area (Å²) in [7, 11) is 3.36. The standard InChI is InChI=1S/C22H23N9O.C22H25N7O2.C21H20N8OS.C21H25N7O3/c1-22(2,3)31-20-17(19(23)24-11-25-20)18(29-31)13-6-5-12-9-15(26-14(12)10-13)21(32)27-16-7-8-30(4)28-16;1-22(2,3)29-20-17(19(23)24-11-25-20)18(27-29)14-7-6-13-8-16(26-15(13)9-14)21(30)28-31-10-12-4-5-12;1-21(2,3)29-18-15(17(22)24-10-25-18)16(28-29)12-5-4-11-8-14(26-13(11)9-12)19(30)27-20-23-6-7-31-20;1-21(2,3)28-19-16(18(22)23-11-24-19)17(26-28)13-6-5-12-9-15(25-14(12)10-13)20(29)27-31-8-7-30-4/h5-11,26H,1-4H3,(H2,23,24,25)(H,27,28,32);6-9,11-12,26H,4-5,10H2,1-3H3,(H,28,30)(H2,23,24,25);4-10,26H,1-3H3,(H2,22,24,25)(H,23,27,30);5-6,9-11,25H,7-8H2,1-4H3,(H,27,29)(H2,22,23,24). The number of H-pyrrole nitrogens is 4. The van der Waals surface area contributed by atoms with Gasteiger partial charge in [0.2, 0.25) is 0 Å². The van der Waals surface area contributed by atoms with E-state index in [1.807, 2.05) is 103 Å². The van der Waals surface area contributed by atoms with Crippen LogP contribution >= 0.6 is 11.3 Å². The van der Waals surface area contributed by atoms with E-state index in [9.17, 15) is 19.2 Å². The molecule has 0 spiro atoms. The van der Waals surface area contributed by atoms with Crippen LogP contribution in [-0.4, -0.2) is 164 Å². The van der Waals surface area contributed by atoms with Gasteiger partial charge in [-0.1, -0.05) is 48.5 Å². The number of benzene rings is 4. The van der Waals surface area contributed by atoms with Crippen LogP contribution in [0.25, 0.3) is 133 Å². The molecule has 0 bridgehead atoms. The van der Waals surface area contributed by atoms with Crippen molar-refractivity contribution in [2.45, 2.75) is 118 Å². The van der Waals surface area contributed by atoms with E-state index in [0.29, 0.717) is 138 Å². The number of amides is 4. The van der Waals surface area contributed by atoms with E-state index in [1.165, 1.54) is 49.5 Å². The molecular formula is C86H93N31O7S. The SMILES string of the molecule is CC(C)(C)n1nc(-c2ccc3cc(C(=O)NOCC4CC4)[nH]c3c2)c2c(N)ncnc21.CC(C)(C)n1nc(-c2ccc3cc(C(=O)Nc4nccs4)[nH]c3c2)c2c(N)ncnc21.COCCONC(=O)c1cc2ccc(-c3nn(C(C)(C)C)c4ncnc(N)c34)cc2[nH]1.Cn1ccc(NC(=O)c2cc3ccc(-c4nn(C(C)(C)C)c5ncnc(N)c45)cc3[nH]2)n1. The van der Waals surface area contributed by atoms with Crippen molar-refractivity contribution in [2.24, 2.45) is 13.0 Å². The maximum absolute atomic E-state index is 12.6. The van der Waals surface area contributed by atoms with Crippen LogP contribution in [0.15, 0.2) is 146 Å². The zero-order valence-electron chi connectivity index (χ0n) is 71.0. The Labute approximate surface area is 717 Å². The first-order valence-electron chi connectivity index (χ1n) is 40.0. The van der Waals surface area contributed by atoms with Crippen molar-refractivity contribution in [2.75, 3.05) is 60.5 Å². The van der Waals surface area contributed by atoms with Gasteiger partial charge in [-0.05, 0) is 150 Å². The Morgan fingerprint density at radius 2 is 0.760 bits per heavy atom. The smallest absolute Gasteiger partial charge is 0.291 e. The third kappa shape index (κ3) is 17.4. The molecule has 1 fully saturated rings. The Morgan fingerprint density at radius 1 is 0.424 bits per heavy atom. The highest BCUT2D eigenvalue weighted by Gasteiger charge is 2.31. The molecule has 1 aliphatic rings. The molecule has 1 saturated carbocycles. The zero-order valence-corrected chi connectivity index (χ0v) is 71.9. The lowest BCUT2D eigenvalue weighted by atomic mass is 10.1. The first-order chi connectivity index (χ1) is 59.6. The number of nitrogens with zero attached hydrogens (tertiary/aromatic N) is 19. The van der Waals surface area contributed by atoms with Crippen molar-refractivity contribution < 1.29 is 33.6 Å². The van der Waals surface area contributed by atoms with Gasteiger partial charge in [-0.2, -0.15) is 25.5 Å². The molecule has 4 amide bonds. The molecule has 0 atom stereocenters. The van der Waals surface area contributed by atoms with E-state index >= 15 is 0 Å². The minimum atomic E-state index is -0.367. The van der Waals surface area contributed by atoms with Crippen LogP contribution in [0.1, 0.15) is 138 Å². The molecule has 16 N–H and O–H groups in total. The quantitative estimate of drug-likeness (QED) is 0.0297. The predicted molar refractivity (Wildman–Crippen MR) is 481 cm³/mol. The average Bonchev–Trinajstić information content (AvgIpc) is 1.61. The Balaban J connectivity index is 0.000000123. The molecule has 18 aromatic rings. The first kappa shape index (κ1) is 83.7. The third-order valence-electron chi connectivity index (χ3n) is 20.4. The van der Waals surface area contributed by atoms with Gasteiger partial charge < -0.3 is 52.9 Å². The fourth-order valence-electron chi connectivity index (χ4n) is 14.1. The highest BCUT2D eigenvalue weighted by molar-refractivity contribution is 7.13. The Kier molecular flexibility index (Phi) is 22.2. The first-order valence-corrected chi connectivity index (χ1v) is 40.9. The fraction of sp³-hybridized carbons (Fsp3) is 0.279. The normalized spacial score (nSPS) is 12.6. The van der Waals surface area contributed by atoms with Crippen molar-refractivity contribution in [3.05, 3.63) is 169 Å². The summed E-state index contributed by atoms with van der Waals surface area (Å²) in [6.45, 7) is 25.9. The fourth-order valence-corrected chi connectivity index (χ4v) is 14.7. The number of fused-ring (bicyclic) bond motifs is 8. The number of nitrogens with two attached hydrogens (primary N) is 4. The number of aryl methyl sites for hydroxylation is 1. The highest BCUT2D eigenvalue weighted by atomic mass is 32.1. The van der Waals surface area contributed by atoms with Crippen LogP contribution in [0.5, 0.6) is 0 Å². The highest BCUT2D eigenvalue weighted by Crippen LogP contribution is 2.40. The molecule has 39 heteroatoms. The molecule has 14 heterocycles. The summed E-state index contributed by atoms with van der Waals surface area (Å²) >= 11 is 1.37. The number of aromatic nitrogens is 23. The van der Waals surface area contributed by atoms with Crippen molar-refractivity contribution in [3.63, 3.8) is 0 Å². The van der Waals surface area contributed by atoms with Crippen LogP contribution < -0.4 is 44.5 Å². The molecular weight excluding hydrogens is 1610 g/mol. The van der Waals surface area contributed by atoms with E-state index in [-0.39, 0.29) is 52.4 Å². The van der Waals surface area contributed by atoms with Gasteiger partial charge in [0.05, 0.1) is 63.5 Å². The van der Waals surface area contributed by atoms with E-state index in [4.69, 9.17) is 57.7 Å². The lowest BCUT2D eigenvalue weighted by Gasteiger charge is -2.19. The number of carbonyl (C=O) groups is 4. The van der Waals surface area contributed by atoms with Gasteiger partial charge >= 0.3 is 0 Å². The minimum absolute atomic E-state index is 0.243. The summed E-state index contributed by atoms with van der Waals surface area (Å²) in [6, 6.07) is 32.3. The van der Waals surface area contributed by atoms with E-state index in [2.05, 4.69) is 175 Å². The van der Waals surface area contributed by atoms with Crippen molar-refractivity contribution in [1.82, 2.24) is 125 Å². The molecule has 640 valence electrons. The Hall–Kier alpha value is -15.0. The van der Waals surface area contributed by atoms with Gasteiger partial charge in [0.1, 0.15) is 94.1 Å². The van der Waals surface area contributed by atoms with Crippen LogP contribution in [0.4, 0.5) is 34.2 Å². The topological polar surface area (TPSA) is 516 Å². The second-order valence-corrected chi connectivity index (χ2v) is 35.0. The van der Waals surface area contributed by atoms with Gasteiger partial charge in [0.15, 0.2) is 33.5 Å². The minimum Gasteiger partial charge on any atom is -0.383 e. The Bertz CT molecular complexity index is 7150. The number of hydroxylamine groups is 2. The number of anilines is 6. The van der Waals surface area contributed by atoms with Gasteiger partial charge in [-0.3, -0.25) is 38.9 Å². The number of hydrogen-bond donors (Lipinski definition) is 12. The number of hydrogen-bond acceptors (Lipinski definition) is 26. The second kappa shape index (κ2) is 33.1. The monoisotopic (exact) mass is 1700 g/mol. The molecule has 14 aromatic heterocycles. The van der Waals surface area contributed by atoms with Gasteiger partial charge in [-0.25, -0.2) is 74.5 Å². The van der Waals surface area contributed by atoms with Crippen LogP contribution in [0, 0.1) is 5.92 Å². The summed E-state index contributed by atoms with van der Waals surface area (Å²) < 4.78 is 14.0. The lowest BCUT2D eigenvalue weighted by Crippen LogP contribution is -2.25. The molecule has 38 nitrogen and oxygen atoms in total. The molecule has 1 aliphatic carbocycles. The molecule has 0 saturated heterocycles. The van der Waals surface area contributed by atoms with E-state index in [1.54, 1.807) is 55.5 Å². The number of aromatic amines is 4. The number of nitrogens with one attached hydrogen (secondary N) is 8. The van der Waals surface area contributed by atoms with Gasteiger partial charge in [0.25, 0.3) is 23.6 Å². The molecule has 19 rings (SSSR count). The number of rotatable bonds is 17. The maximum atomic E-state index is 12.6. The van der Waals surface area contributed by atoms with Crippen LogP contribution in [0.2, 0.25) is 0 Å². The van der Waals surface area contributed by atoms with Crippen molar-refractivity contribution in [1.29, 1.82) is 0 Å². The number of ether oxygens (including phenoxy) is 1. The largest absolute Gasteiger partial charge is 0.383 e. The molecule has 0 unspecified atom stereocenters. The van der Waals surface area contributed by atoms with Crippen molar-refractivity contribution in [3.8, 4) is 45.0 Å². The predicted octanol–water partition coefficient (Wildman–Crippen LogP) is 13.3. The summed E-state index contributed by atoms with van der Waals surface area (Å²) in [5.74, 6) is 1.41. The number of thiazole rings is 1. The number of nitrogen functional groups attached to an aromatic ring is 4. The zero-order chi connectivity index (χ0) is 88.3. The maximum Gasteiger partial charge on any atom is 0.291 e. The molecule has 0 radical (unpaired) electrons. The molecule has 4 aromatic carbocycles. The summed E-state index contributed by atoms with van der Waals surface area (Å²) in [5, 5.41) is 37.9. The number of carbonyl (C=O) groups excluding carboxylic acids is 4. The second-order valence-electron chi connectivity index (χ2n) is 34.1. The molecule has 0 aliphatic heterocycles. The lowest BCUT2D eigenvalue weighted by molar-refractivity contribution is 0.00862. The number of methoxy groups -OCH3 is 1. The van der Waals surface area contributed by atoms with Crippen molar-refractivity contribution >= 4 is 157 Å². The van der Waals surface area contributed by atoms with E-state index in [0.717, 1.165) is 71.3 Å². The van der Waals surface area contributed by atoms with Gasteiger partial charge in [0, 0.05) is 104 Å². The third-order valence-corrected chi connectivity index (χ3v) is 21.1. The van der Waals surface area contributed by atoms with Gasteiger partial charge in [-0.15, -0.1) is 11.3 Å². The summed E-state index contributed by atoms with van der Waals surface area (Å²) in [5.41, 5.74) is 42.5. The Morgan fingerprint density at radius 3 is 1.06 bits per heavy atom. The van der Waals surface area contributed by atoms with Crippen LogP contribution in [0.3, 0.4) is 0 Å².